The van der Waals surface area contributed by atoms with Crippen LogP contribution in [0.1, 0.15) is 0 Å². The molecule has 0 spiro atoms. The fraction of sp³-hybridized carbons (Fsp3) is 0.211. The lowest BCUT2D eigenvalue weighted by atomic mass is 10.1. The van der Waals surface area contributed by atoms with Gasteiger partial charge in [0, 0.05) is 42.1 Å². The lowest BCUT2D eigenvalue weighted by molar-refractivity contribution is -0.384. The molecule has 0 atom stereocenters. The summed E-state index contributed by atoms with van der Waals surface area (Å²) < 4.78 is 19.3. The van der Waals surface area contributed by atoms with E-state index in [-0.39, 0.29) is 11.5 Å². The molecule has 3 aromatic rings. The van der Waals surface area contributed by atoms with Gasteiger partial charge in [-0.1, -0.05) is 0 Å². The van der Waals surface area contributed by atoms with Crippen LogP contribution in [0.4, 0.5) is 27.1 Å². The Morgan fingerprint density at radius 1 is 1.18 bits per heavy atom. The summed E-state index contributed by atoms with van der Waals surface area (Å²) in [5.74, 6) is -0.389. The summed E-state index contributed by atoms with van der Waals surface area (Å²) in [5.41, 5.74) is 2.21. The summed E-state index contributed by atoms with van der Waals surface area (Å²) >= 11 is 3.34. The van der Waals surface area contributed by atoms with Gasteiger partial charge in [0.1, 0.15) is 11.5 Å². The van der Waals surface area contributed by atoms with E-state index in [0.29, 0.717) is 53.1 Å². The van der Waals surface area contributed by atoms with E-state index < -0.39 is 4.92 Å². The molecule has 28 heavy (non-hydrogen) atoms. The molecule has 1 N–H and O–H groups in total. The number of anilines is 3. The van der Waals surface area contributed by atoms with Gasteiger partial charge in [-0.25, -0.2) is 4.39 Å². The minimum atomic E-state index is -0.432. The molecule has 0 aliphatic carbocycles. The number of fused-ring (bicyclic) bond motifs is 1. The second-order valence-electron chi connectivity index (χ2n) is 6.33. The average molecular weight is 447 g/mol. The van der Waals surface area contributed by atoms with Gasteiger partial charge in [0.2, 0.25) is 0 Å². The maximum Gasteiger partial charge on any atom is 0.306 e. The molecule has 144 valence electrons. The van der Waals surface area contributed by atoms with E-state index in [1.165, 1.54) is 18.3 Å². The van der Waals surface area contributed by atoms with Gasteiger partial charge in [-0.3, -0.25) is 15.1 Å². The van der Waals surface area contributed by atoms with Crippen LogP contribution in [0.25, 0.3) is 10.9 Å². The second kappa shape index (κ2) is 7.69. The normalized spacial score (nSPS) is 14.3. The van der Waals surface area contributed by atoms with E-state index in [2.05, 4.69) is 31.1 Å². The van der Waals surface area contributed by atoms with Crippen molar-refractivity contribution in [2.45, 2.75) is 0 Å². The third kappa shape index (κ3) is 3.63. The molecule has 1 aromatic heterocycles. The Morgan fingerprint density at radius 2 is 1.96 bits per heavy atom. The Bertz CT molecular complexity index is 1060. The molecule has 0 unspecified atom stereocenters. The van der Waals surface area contributed by atoms with Crippen molar-refractivity contribution in [3.05, 3.63) is 63.0 Å². The van der Waals surface area contributed by atoms with Gasteiger partial charge >= 0.3 is 5.69 Å². The predicted molar refractivity (Wildman–Crippen MR) is 109 cm³/mol. The summed E-state index contributed by atoms with van der Waals surface area (Å²) in [7, 11) is 0. The van der Waals surface area contributed by atoms with Crippen molar-refractivity contribution in [3.63, 3.8) is 0 Å². The van der Waals surface area contributed by atoms with Crippen LogP contribution in [0.5, 0.6) is 0 Å². The molecule has 2 heterocycles. The van der Waals surface area contributed by atoms with Crippen LogP contribution in [0.3, 0.4) is 0 Å². The van der Waals surface area contributed by atoms with Gasteiger partial charge in [0.15, 0.2) is 0 Å². The topological polar surface area (TPSA) is 80.5 Å². The van der Waals surface area contributed by atoms with Gasteiger partial charge in [-0.15, -0.1) is 0 Å². The van der Waals surface area contributed by atoms with Gasteiger partial charge in [0.05, 0.1) is 28.1 Å². The molecular formula is C19H16BrFN4O3. The first kappa shape index (κ1) is 18.6. The van der Waals surface area contributed by atoms with Gasteiger partial charge < -0.3 is 15.0 Å². The summed E-state index contributed by atoms with van der Waals surface area (Å²) in [6.07, 6.45) is 1.54. The summed E-state index contributed by atoms with van der Waals surface area (Å²) in [6.45, 7) is 2.64. The molecule has 0 radical (unpaired) electrons. The number of morpholine rings is 1. The number of nitrogens with zero attached hydrogens (tertiary/aromatic N) is 3. The number of halogens is 2. The standard InChI is InChI=1S/C19H16BrFN4O3/c20-15-10-13(24-5-7-28-8-6-24)11-18(19(15)25(26)27)23-16-3-4-22-17-9-12(21)1-2-14(16)17/h1-4,9-11H,5-8H2,(H,22,23). The van der Waals surface area contributed by atoms with E-state index in [9.17, 15) is 14.5 Å². The number of aromatic nitrogens is 1. The monoisotopic (exact) mass is 446 g/mol. The van der Waals surface area contributed by atoms with Crippen LogP contribution in [0.15, 0.2) is 47.1 Å². The number of pyridine rings is 1. The summed E-state index contributed by atoms with van der Waals surface area (Å²) in [6, 6.07) is 9.48. The molecule has 0 amide bonds. The second-order valence-corrected chi connectivity index (χ2v) is 7.18. The zero-order valence-corrected chi connectivity index (χ0v) is 16.3. The van der Waals surface area contributed by atoms with Crippen molar-refractivity contribution in [2.75, 3.05) is 36.5 Å². The Labute approximate surface area is 168 Å². The van der Waals surface area contributed by atoms with Crippen molar-refractivity contribution >= 4 is 49.6 Å². The van der Waals surface area contributed by atoms with Crippen molar-refractivity contribution in [2.24, 2.45) is 0 Å². The van der Waals surface area contributed by atoms with E-state index in [0.717, 1.165) is 5.69 Å². The van der Waals surface area contributed by atoms with E-state index in [4.69, 9.17) is 4.74 Å². The van der Waals surface area contributed by atoms with Crippen molar-refractivity contribution in [1.29, 1.82) is 0 Å². The van der Waals surface area contributed by atoms with Crippen molar-refractivity contribution < 1.29 is 14.1 Å². The van der Waals surface area contributed by atoms with Gasteiger partial charge in [-0.2, -0.15) is 0 Å². The zero-order valence-electron chi connectivity index (χ0n) is 14.7. The SMILES string of the molecule is O=[N+]([O-])c1c(Br)cc(N2CCOCC2)cc1Nc1ccnc2cc(F)ccc12. The number of hydrogen-bond acceptors (Lipinski definition) is 6. The Balaban J connectivity index is 1.79. The van der Waals surface area contributed by atoms with Crippen LogP contribution in [-0.2, 0) is 4.74 Å². The fourth-order valence-corrected chi connectivity index (χ4v) is 3.84. The number of hydrogen-bond donors (Lipinski definition) is 1. The first-order valence-corrected chi connectivity index (χ1v) is 9.44. The van der Waals surface area contributed by atoms with Crippen molar-refractivity contribution in [3.8, 4) is 0 Å². The molecule has 2 aromatic carbocycles. The quantitative estimate of drug-likeness (QED) is 0.464. The highest BCUT2D eigenvalue weighted by Crippen LogP contribution is 2.40. The molecule has 4 rings (SSSR count). The lowest BCUT2D eigenvalue weighted by Gasteiger charge is -2.29. The van der Waals surface area contributed by atoms with Crippen LogP contribution in [-0.4, -0.2) is 36.2 Å². The smallest absolute Gasteiger partial charge is 0.306 e. The molecule has 1 aliphatic rings. The third-order valence-electron chi connectivity index (χ3n) is 4.58. The van der Waals surface area contributed by atoms with Gasteiger partial charge in [-0.05, 0) is 46.3 Å². The number of nitro benzene ring substituents is 1. The molecule has 9 heteroatoms. The highest BCUT2D eigenvalue weighted by Gasteiger charge is 2.23. The van der Waals surface area contributed by atoms with E-state index in [1.807, 2.05) is 0 Å². The minimum absolute atomic E-state index is 0.0657. The fourth-order valence-electron chi connectivity index (χ4n) is 3.25. The maximum atomic E-state index is 13.5. The Hall–Kier alpha value is -2.78. The van der Waals surface area contributed by atoms with Crippen LogP contribution >= 0.6 is 15.9 Å². The predicted octanol–water partition coefficient (Wildman–Crippen LogP) is 4.62. The van der Waals surface area contributed by atoms with E-state index in [1.54, 1.807) is 24.3 Å². The molecule has 1 saturated heterocycles. The van der Waals surface area contributed by atoms with E-state index >= 15 is 0 Å². The first-order valence-electron chi connectivity index (χ1n) is 8.65. The highest BCUT2D eigenvalue weighted by molar-refractivity contribution is 9.10. The molecule has 1 aliphatic heterocycles. The largest absolute Gasteiger partial charge is 0.378 e. The first-order chi connectivity index (χ1) is 13.5. The molecule has 0 saturated carbocycles. The van der Waals surface area contributed by atoms with Gasteiger partial charge in [0.25, 0.3) is 0 Å². The number of nitro groups is 1. The zero-order chi connectivity index (χ0) is 19.7. The number of ether oxygens (including phenoxy) is 1. The molecule has 7 nitrogen and oxygen atoms in total. The molecular weight excluding hydrogens is 431 g/mol. The highest BCUT2D eigenvalue weighted by atomic mass is 79.9. The number of rotatable bonds is 4. The number of benzene rings is 2. The summed E-state index contributed by atoms with van der Waals surface area (Å²) in [5, 5.41) is 15.5. The average Bonchev–Trinajstić information content (AvgIpc) is 2.68. The maximum absolute atomic E-state index is 13.5. The molecule has 1 fully saturated rings. The van der Waals surface area contributed by atoms with Crippen LogP contribution in [0.2, 0.25) is 0 Å². The van der Waals surface area contributed by atoms with Crippen molar-refractivity contribution in [1.82, 2.24) is 4.98 Å². The van der Waals surface area contributed by atoms with Crippen LogP contribution < -0.4 is 10.2 Å². The Kier molecular flexibility index (Phi) is 5.10. The molecule has 0 bridgehead atoms. The minimum Gasteiger partial charge on any atom is -0.378 e. The number of nitrogens with one attached hydrogen (secondary N) is 1. The Morgan fingerprint density at radius 3 is 2.71 bits per heavy atom. The third-order valence-corrected chi connectivity index (χ3v) is 5.19. The lowest BCUT2D eigenvalue weighted by Crippen LogP contribution is -2.36. The summed E-state index contributed by atoms with van der Waals surface area (Å²) in [4.78, 5) is 17.5. The van der Waals surface area contributed by atoms with Crippen LogP contribution in [0, 0.1) is 15.9 Å².